The highest BCUT2D eigenvalue weighted by molar-refractivity contribution is 7.07. The average molecular weight is 2020 g/mol. The zero-order valence-corrected chi connectivity index (χ0v) is 84.1. The van der Waals surface area contributed by atoms with Crippen LogP contribution in [0.3, 0.4) is 0 Å². The molecule has 32 heteroatoms. The minimum atomic E-state index is -0.525. The van der Waals surface area contributed by atoms with E-state index in [9.17, 15) is 38.4 Å². The number of halogens is 1. The molecular formula is C118H95ClN22O8S. The molecule has 23 aromatic rings. The number of aryl methyl sites for hydroxylation is 5. The van der Waals surface area contributed by atoms with Crippen LogP contribution in [0.2, 0.25) is 5.02 Å². The zero-order valence-electron chi connectivity index (χ0n) is 82.6. The average Bonchev–Trinajstić information content (AvgIpc) is 0.892. The molecule has 14 aromatic heterocycles. The van der Waals surface area contributed by atoms with E-state index in [1.165, 1.54) is 11.3 Å². The van der Waals surface area contributed by atoms with E-state index in [0.29, 0.717) is 134 Å². The highest BCUT2D eigenvalue weighted by Gasteiger charge is 2.31. The number of hydrogen-bond donors (Lipinski definition) is 4. The molecule has 0 fully saturated rings. The molecule has 0 saturated heterocycles. The van der Waals surface area contributed by atoms with Crippen LogP contribution >= 0.6 is 22.9 Å². The van der Waals surface area contributed by atoms with Crippen molar-refractivity contribution < 1.29 is 19.2 Å². The molecule has 4 N–H and O–H groups in total. The van der Waals surface area contributed by atoms with Crippen LogP contribution in [0.5, 0.6) is 0 Å². The van der Waals surface area contributed by atoms with Gasteiger partial charge in [-0.15, -0.1) is 11.3 Å². The van der Waals surface area contributed by atoms with Crippen LogP contribution in [-0.4, -0.2) is 111 Å². The van der Waals surface area contributed by atoms with Crippen LogP contribution in [0, 0.1) is 34.6 Å². The Bertz CT molecular complexity index is 9120. The molecule has 0 spiro atoms. The summed E-state index contributed by atoms with van der Waals surface area (Å²) < 4.78 is 11.4. The van der Waals surface area contributed by atoms with E-state index in [1.807, 2.05) is 301 Å². The number of para-hydroxylation sites is 4. The number of hydrogen-bond acceptors (Lipinski definition) is 20. The minimum Gasteiger partial charge on any atom is -0.344 e. The number of nitrogens with zero attached hydrogens (tertiary/aromatic N) is 18. The van der Waals surface area contributed by atoms with E-state index in [2.05, 4.69) is 76.4 Å². The summed E-state index contributed by atoms with van der Waals surface area (Å²) in [6, 6.07) is 89.2. The normalized spacial score (nSPS) is 12.0. The molecule has 0 unspecified atom stereocenters. The number of amides is 4. The first kappa shape index (κ1) is 98.3. The van der Waals surface area contributed by atoms with Gasteiger partial charge in [-0.3, -0.25) is 71.6 Å². The van der Waals surface area contributed by atoms with Gasteiger partial charge in [-0.2, -0.15) is 15.3 Å². The van der Waals surface area contributed by atoms with Crippen LogP contribution in [-0.2, 0) is 0 Å². The number of benzene rings is 9. The van der Waals surface area contributed by atoms with Crippen molar-refractivity contribution in [3.63, 3.8) is 0 Å². The second-order valence-electron chi connectivity index (χ2n) is 35.9. The Kier molecular flexibility index (Phi) is 27.9. The summed E-state index contributed by atoms with van der Waals surface area (Å²) >= 11 is 7.83. The van der Waals surface area contributed by atoms with Gasteiger partial charge in [0.25, 0.3) is 45.9 Å². The minimum absolute atomic E-state index is 0.141. The quantitative estimate of drug-likeness (QED) is 0.0550. The first-order valence-electron chi connectivity index (χ1n) is 48.3. The summed E-state index contributed by atoms with van der Waals surface area (Å²) in [6.07, 6.45) is 17.0. The maximum atomic E-state index is 14.3. The lowest BCUT2D eigenvalue weighted by Crippen LogP contribution is -2.33. The summed E-state index contributed by atoms with van der Waals surface area (Å²) in [5.74, 6) is -1.30. The van der Waals surface area contributed by atoms with Gasteiger partial charge in [-0.25, -0.2) is 38.5 Å². The Morgan fingerprint density at radius 2 is 0.660 bits per heavy atom. The van der Waals surface area contributed by atoms with E-state index in [1.54, 1.807) is 157 Å². The SMILES string of the molecule is Cc1cc(-c2cccc3cc([C@H](C)NC(=O)c4c(C)nn5cccnc45)n(-c4ccccc4)c(=O)c23)ccn1.Cc1ncc(-c2cscn2)nc1C(=O)N[C@@H](C)c1cc2cccc(Cl)c2c(=O)n1-c1ccccc1.Cc1nn2cccnc2c1C(=O)N[C@@H](C)c1cc2cccc(-c3ccccc3)c2c(=O)n1-c1ccccc1.Cc1nn2cccnc2c1C(=O)N[C@@H](C)c1cc2cccc(-c3ccncc3)c2c(=O)n1-c1ccccc1. The van der Waals surface area contributed by atoms with Gasteiger partial charge in [0.05, 0.1) is 85.2 Å². The number of carbonyl (C=O) groups is 4. The van der Waals surface area contributed by atoms with E-state index in [-0.39, 0.29) is 45.7 Å². The van der Waals surface area contributed by atoms with Gasteiger partial charge < -0.3 is 21.3 Å². The zero-order chi connectivity index (χ0) is 104. The van der Waals surface area contributed by atoms with Gasteiger partial charge >= 0.3 is 0 Å². The van der Waals surface area contributed by atoms with Crippen LogP contribution in [0.15, 0.2) is 383 Å². The van der Waals surface area contributed by atoms with Crippen molar-refractivity contribution in [3.8, 4) is 67.5 Å². The third-order valence-corrected chi connectivity index (χ3v) is 26.9. The van der Waals surface area contributed by atoms with Crippen molar-refractivity contribution in [3.05, 3.63) is 484 Å². The van der Waals surface area contributed by atoms with Crippen LogP contribution in [0.4, 0.5) is 0 Å². The lowest BCUT2D eigenvalue weighted by molar-refractivity contribution is 0.0925. The number of aromatic nitrogens is 18. The van der Waals surface area contributed by atoms with Gasteiger partial charge in [-0.05, 0) is 239 Å². The van der Waals surface area contributed by atoms with Crippen molar-refractivity contribution in [2.75, 3.05) is 0 Å². The molecule has 0 aliphatic rings. The fourth-order valence-electron chi connectivity index (χ4n) is 19.0. The topological polar surface area (TPSA) is 359 Å². The fraction of sp³-hybridized carbons (Fsp3) is 0.110. The van der Waals surface area contributed by atoms with E-state index < -0.39 is 30.1 Å². The van der Waals surface area contributed by atoms with E-state index in [4.69, 9.17) is 11.6 Å². The lowest BCUT2D eigenvalue weighted by Gasteiger charge is -2.21. The summed E-state index contributed by atoms with van der Waals surface area (Å²) in [5, 5.41) is 33.1. The lowest BCUT2D eigenvalue weighted by atomic mass is 9.98. The Labute approximate surface area is 866 Å². The third kappa shape index (κ3) is 19.6. The van der Waals surface area contributed by atoms with E-state index >= 15 is 0 Å². The van der Waals surface area contributed by atoms with Crippen molar-refractivity contribution >= 4 is 107 Å². The van der Waals surface area contributed by atoms with Crippen molar-refractivity contribution in [2.45, 2.75) is 86.5 Å². The highest BCUT2D eigenvalue weighted by atomic mass is 35.5. The number of rotatable bonds is 20. The molecule has 0 saturated carbocycles. The molecule has 150 heavy (non-hydrogen) atoms. The smallest absolute Gasteiger partial charge is 0.272 e. The van der Waals surface area contributed by atoms with Gasteiger partial charge in [0, 0.05) is 112 Å². The first-order valence-corrected chi connectivity index (χ1v) is 49.6. The van der Waals surface area contributed by atoms with Gasteiger partial charge in [0.2, 0.25) is 0 Å². The Morgan fingerprint density at radius 3 is 1.03 bits per heavy atom. The number of fused-ring (bicyclic) bond motifs is 7. The van der Waals surface area contributed by atoms with E-state index in [0.717, 1.165) is 66.6 Å². The molecule has 4 amide bonds. The molecule has 30 nitrogen and oxygen atoms in total. The van der Waals surface area contributed by atoms with Gasteiger partial charge in [0.1, 0.15) is 33.8 Å². The fourth-order valence-corrected chi connectivity index (χ4v) is 19.8. The van der Waals surface area contributed by atoms with Crippen LogP contribution < -0.4 is 43.5 Å². The van der Waals surface area contributed by atoms with Crippen molar-refractivity contribution in [1.82, 2.24) is 108 Å². The summed E-state index contributed by atoms with van der Waals surface area (Å²) in [4.78, 5) is 145. The molecule has 0 radical (unpaired) electrons. The molecule has 4 atom stereocenters. The number of pyridine rings is 6. The number of thiazole rings is 1. The predicted octanol–water partition coefficient (Wildman–Crippen LogP) is 21.0. The Hall–Kier alpha value is -19.1. The molecule has 0 bridgehead atoms. The molecule has 0 aliphatic heterocycles. The van der Waals surface area contributed by atoms with Crippen molar-refractivity contribution in [2.24, 2.45) is 0 Å². The Morgan fingerprint density at radius 1 is 0.320 bits per heavy atom. The first-order chi connectivity index (χ1) is 72.9. The summed E-state index contributed by atoms with van der Waals surface area (Å²) in [7, 11) is 0. The summed E-state index contributed by atoms with van der Waals surface area (Å²) in [6.45, 7) is 16.5. The molecule has 9 aromatic carbocycles. The summed E-state index contributed by atoms with van der Waals surface area (Å²) in [5.41, 5.74) is 19.0. The van der Waals surface area contributed by atoms with Crippen molar-refractivity contribution in [1.29, 1.82) is 0 Å². The molecule has 738 valence electrons. The third-order valence-electron chi connectivity index (χ3n) is 26.0. The van der Waals surface area contributed by atoms with Gasteiger partial charge in [-0.1, -0.05) is 181 Å². The molecule has 14 heterocycles. The van der Waals surface area contributed by atoms with Crippen LogP contribution in [0.1, 0.15) is 145 Å². The maximum Gasteiger partial charge on any atom is 0.272 e. The molecule has 0 aliphatic carbocycles. The second-order valence-corrected chi connectivity index (χ2v) is 37.0. The molecular weight excluding hydrogens is 1920 g/mol. The maximum absolute atomic E-state index is 14.3. The molecule has 23 rings (SSSR count). The Balaban J connectivity index is 0.000000121. The largest absolute Gasteiger partial charge is 0.344 e. The van der Waals surface area contributed by atoms with Gasteiger partial charge in [0.15, 0.2) is 16.9 Å². The van der Waals surface area contributed by atoms with Crippen LogP contribution in [0.25, 0.3) is 128 Å². The number of nitrogens with one attached hydrogen (secondary N) is 4. The second kappa shape index (κ2) is 42.6. The monoisotopic (exact) mass is 2010 g/mol. The number of carbonyl (C=O) groups excluding carboxylic acids is 4. The predicted molar refractivity (Wildman–Crippen MR) is 584 cm³/mol. The highest BCUT2D eigenvalue weighted by Crippen LogP contribution is 2.36. The standard InChI is InChI=1S/C31H26N6O2.C31H25N5O2.C30H24N6O2.C26H20ClN5O2S/c1-19-17-22(13-15-32-19)25-12-7-9-23-18-26(37(31(39)28(23)25)24-10-5-4-6-11-24)20(2)34-30(38)27-21(3)35-36-16-8-14-33-29(27)36;1-20(33-30(37)27-21(2)34-35-18-10-17-32-29(27)35)26-19-23-13-9-16-25(22-11-5-3-6-12-22)28(23)31(38)36(26)24-14-7-4-8-15-24;1-19(33-29(37)26-20(2)34-35-17-7-14-32-28(26)35)25-18-22-8-6-11-24(21-12-15-31-16-13-21)27(22)30(38)36(25)23-9-4-3-5-10-23;1-15(30-25(33)24-16(2)28-12-20(31-24)21-13-35-14-29-21)22-11-17-7-6-10-19(27)23(17)26(34)32(22)18-8-4-3-5-9-18/h4-18,20H,1-3H3,(H,34,38);3-20H,1-2H3,(H,33,37);3-19H,1-2H3,(H,33,37);3-15H,1-2H3,(H,30,33)/t2*20-;19-;15-/m0000/s1.